The van der Waals surface area contributed by atoms with Gasteiger partial charge in [-0.1, -0.05) is 6.42 Å². The van der Waals surface area contributed by atoms with Gasteiger partial charge < -0.3 is 0 Å². The van der Waals surface area contributed by atoms with Gasteiger partial charge in [-0.15, -0.1) is 0 Å². The van der Waals surface area contributed by atoms with Crippen molar-refractivity contribution in [2.45, 2.75) is 64.2 Å². The van der Waals surface area contributed by atoms with E-state index in [0.717, 1.165) is 23.2 Å². The Labute approximate surface area is 93.8 Å². The molecule has 7 aliphatic rings. The molecule has 7 fully saturated rings. The molecule has 0 N–H and O–H groups in total. The molecule has 0 nitrogen and oxygen atoms in total. The van der Waals surface area contributed by atoms with Crippen molar-refractivity contribution in [3.05, 3.63) is 0 Å². The van der Waals surface area contributed by atoms with Crippen molar-refractivity contribution < 1.29 is 0 Å². The van der Waals surface area contributed by atoms with Crippen LogP contribution in [0.1, 0.15) is 64.2 Å². The van der Waals surface area contributed by atoms with Crippen LogP contribution in [0, 0.1) is 29.1 Å². The fourth-order valence-electron chi connectivity index (χ4n) is 5.84. The molecule has 7 saturated carbocycles. The van der Waals surface area contributed by atoms with Crippen LogP contribution in [-0.2, 0) is 0 Å². The van der Waals surface area contributed by atoms with Crippen molar-refractivity contribution >= 4 is 0 Å². The SMILES string of the molecule is C1CC2(C1)CC1CCC2C2CCC1CC2. The van der Waals surface area contributed by atoms with Crippen molar-refractivity contribution in [2.24, 2.45) is 29.1 Å². The molecule has 0 aliphatic heterocycles. The molecule has 0 aromatic rings. The van der Waals surface area contributed by atoms with Gasteiger partial charge in [-0.25, -0.2) is 0 Å². The van der Waals surface area contributed by atoms with Crippen LogP contribution in [-0.4, -0.2) is 0 Å². The van der Waals surface area contributed by atoms with E-state index in [4.69, 9.17) is 0 Å². The van der Waals surface area contributed by atoms with E-state index < -0.39 is 0 Å². The third-order valence-electron chi connectivity index (χ3n) is 6.71. The van der Waals surface area contributed by atoms with Gasteiger partial charge in [0.25, 0.3) is 0 Å². The molecule has 0 aromatic carbocycles. The molecule has 0 amide bonds. The fourth-order valence-corrected chi connectivity index (χ4v) is 5.84. The maximum absolute atomic E-state index is 1.65. The molecule has 1 spiro atoms. The van der Waals surface area contributed by atoms with Crippen LogP contribution in [0.15, 0.2) is 0 Å². The zero-order valence-corrected chi connectivity index (χ0v) is 9.88. The van der Waals surface area contributed by atoms with E-state index in [-0.39, 0.29) is 0 Å². The van der Waals surface area contributed by atoms with Crippen LogP contribution in [0.3, 0.4) is 0 Å². The molecule has 0 radical (unpaired) electrons. The van der Waals surface area contributed by atoms with E-state index in [9.17, 15) is 0 Å². The highest BCUT2D eigenvalue weighted by Gasteiger charge is 2.53. The Hall–Kier alpha value is 0. The third-order valence-corrected chi connectivity index (χ3v) is 6.71. The Morgan fingerprint density at radius 3 is 2.00 bits per heavy atom. The van der Waals surface area contributed by atoms with Crippen molar-refractivity contribution in [1.29, 1.82) is 0 Å². The minimum atomic E-state index is 0.896. The van der Waals surface area contributed by atoms with Crippen molar-refractivity contribution in [1.82, 2.24) is 0 Å². The lowest BCUT2D eigenvalue weighted by molar-refractivity contribution is -0.0979. The molecule has 7 rings (SSSR count). The average molecular weight is 204 g/mol. The molecule has 0 heterocycles. The fraction of sp³-hybridized carbons (Fsp3) is 1.00. The number of hydrogen-bond acceptors (Lipinski definition) is 0. The standard InChI is InChI=1S/C15H24/c1-8-15(9-1)10-13-6-7-14(15)12-4-2-11(13)3-5-12/h11-14H,1-10H2. The Balaban J connectivity index is 1.72. The largest absolute Gasteiger partial charge is 0.0522 e. The number of hydrogen-bond donors (Lipinski definition) is 0. The Morgan fingerprint density at radius 1 is 0.667 bits per heavy atom. The molecule has 2 atom stereocenters. The summed E-state index contributed by atoms with van der Waals surface area (Å²) in [7, 11) is 0. The predicted molar refractivity (Wildman–Crippen MR) is 62.6 cm³/mol. The molecule has 0 saturated heterocycles. The summed E-state index contributed by atoms with van der Waals surface area (Å²) in [6, 6.07) is 0. The van der Waals surface area contributed by atoms with Gasteiger partial charge in [-0.2, -0.15) is 0 Å². The molecule has 15 heavy (non-hydrogen) atoms. The molecule has 7 aliphatic carbocycles. The van der Waals surface area contributed by atoms with Crippen LogP contribution < -0.4 is 0 Å². The minimum absolute atomic E-state index is 0.896. The molecular weight excluding hydrogens is 180 g/mol. The summed E-state index contributed by atoms with van der Waals surface area (Å²) in [6.45, 7) is 0. The highest BCUT2D eigenvalue weighted by molar-refractivity contribution is 5.04. The second kappa shape index (κ2) is 3.02. The Kier molecular flexibility index (Phi) is 1.83. The van der Waals surface area contributed by atoms with E-state index in [1.54, 1.807) is 64.2 Å². The van der Waals surface area contributed by atoms with Crippen molar-refractivity contribution in [3.8, 4) is 0 Å². The second-order valence-electron chi connectivity index (χ2n) is 7.04. The molecule has 2 unspecified atom stereocenters. The first-order chi connectivity index (χ1) is 7.37. The van der Waals surface area contributed by atoms with Gasteiger partial charge >= 0.3 is 0 Å². The first-order valence-electron chi connectivity index (χ1n) is 7.37. The van der Waals surface area contributed by atoms with Crippen LogP contribution in [0.5, 0.6) is 0 Å². The van der Waals surface area contributed by atoms with E-state index in [2.05, 4.69) is 0 Å². The molecule has 84 valence electrons. The summed E-state index contributed by atoms with van der Waals surface area (Å²) in [5, 5.41) is 0. The van der Waals surface area contributed by atoms with Gasteiger partial charge in [0, 0.05) is 0 Å². The minimum Gasteiger partial charge on any atom is -0.0522 e. The maximum atomic E-state index is 1.65. The summed E-state index contributed by atoms with van der Waals surface area (Å²) in [5.74, 6) is 4.63. The Bertz CT molecular complexity index is 255. The highest BCUT2D eigenvalue weighted by Crippen LogP contribution is 2.64. The summed E-state index contributed by atoms with van der Waals surface area (Å²) < 4.78 is 0. The monoisotopic (exact) mass is 204 g/mol. The predicted octanol–water partition coefficient (Wildman–Crippen LogP) is 4.39. The van der Waals surface area contributed by atoms with Gasteiger partial charge in [-0.3, -0.25) is 0 Å². The topological polar surface area (TPSA) is 0 Å². The molecular formula is C15H24. The highest BCUT2D eigenvalue weighted by atomic mass is 14.6. The summed E-state index contributed by atoms with van der Waals surface area (Å²) in [5.41, 5.74) is 0.896. The number of rotatable bonds is 0. The van der Waals surface area contributed by atoms with Crippen LogP contribution >= 0.6 is 0 Å². The molecule has 4 bridgehead atoms. The Morgan fingerprint density at radius 2 is 1.33 bits per heavy atom. The molecule has 0 heteroatoms. The lowest BCUT2D eigenvalue weighted by Crippen LogP contribution is -2.50. The summed E-state index contributed by atoms with van der Waals surface area (Å²) >= 11 is 0. The lowest BCUT2D eigenvalue weighted by atomic mass is 9.45. The summed E-state index contributed by atoms with van der Waals surface area (Å²) in [6.07, 6.45) is 16.1. The first kappa shape index (κ1) is 9.07. The summed E-state index contributed by atoms with van der Waals surface area (Å²) in [4.78, 5) is 0. The maximum Gasteiger partial charge on any atom is -0.0264 e. The zero-order valence-electron chi connectivity index (χ0n) is 9.88. The smallest absolute Gasteiger partial charge is 0.0264 e. The van der Waals surface area contributed by atoms with E-state index in [1.807, 2.05) is 0 Å². The van der Waals surface area contributed by atoms with E-state index >= 15 is 0 Å². The lowest BCUT2D eigenvalue weighted by Gasteiger charge is -2.60. The van der Waals surface area contributed by atoms with Gasteiger partial charge in [0.2, 0.25) is 0 Å². The van der Waals surface area contributed by atoms with Gasteiger partial charge in [0.05, 0.1) is 0 Å². The van der Waals surface area contributed by atoms with E-state index in [1.165, 1.54) is 5.92 Å². The average Bonchev–Trinajstić information content (AvgIpc) is 2.21. The first-order valence-corrected chi connectivity index (χ1v) is 7.37. The van der Waals surface area contributed by atoms with Crippen molar-refractivity contribution in [2.75, 3.05) is 0 Å². The second-order valence-corrected chi connectivity index (χ2v) is 7.04. The normalized spacial score (nSPS) is 51.2. The van der Waals surface area contributed by atoms with Crippen LogP contribution in [0.25, 0.3) is 0 Å². The quantitative estimate of drug-likeness (QED) is 0.549. The van der Waals surface area contributed by atoms with Crippen LogP contribution in [0.4, 0.5) is 0 Å². The zero-order chi connectivity index (χ0) is 9.88. The van der Waals surface area contributed by atoms with Gasteiger partial charge in [0.1, 0.15) is 0 Å². The van der Waals surface area contributed by atoms with Crippen LogP contribution in [0.2, 0.25) is 0 Å². The van der Waals surface area contributed by atoms with E-state index in [0.29, 0.717) is 0 Å². The van der Waals surface area contributed by atoms with Crippen molar-refractivity contribution in [3.63, 3.8) is 0 Å². The molecule has 0 aromatic heterocycles. The van der Waals surface area contributed by atoms with Gasteiger partial charge in [0.15, 0.2) is 0 Å². The third kappa shape index (κ3) is 1.14. The van der Waals surface area contributed by atoms with Gasteiger partial charge in [-0.05, 0) is 86.9 Å².